The van der Waals surface area contributed by atoms with Crippen LogP contribution in [0.1, 0.15) is 29.6 Å². The van der Waals surface area contributed by atoms with Gasteiger partial charge >= 0.3 is 5.97 Å². The van der Waals surface area contributed by atoms with Crippen LogP contribution in [0.5, 0.6) is 11.5 Å². The van der Waals surface area contributed by atoms with Crippen LogP contribution in [0, 0.1) is 0 Å². The van der Waals surface area contributed by atoms with Crippen molar-refractivity contribution in [3.8, 4) is 11.5 Å². The summed E-state index contributed by atoms with van der Waals surface area (Å²) in [7, 11) is 0.809. The van der Waals surface area contributed by atoms with Crippen molar-refractivity contribution in [1.29, 1.82) is 0 Å². The second-order valence-corrected chi connectivity index (χ2v) is 9.23. The van der Waals surface area contributed by atoms with Crippen molar-refractivity contribution < 1.29 is 22.7 Å². The van der Waals surface area contributed by atoms with Crippen molar-refractivity contribution in [3.63, 3.8) is 0 Å². The van der Waals surface area contributed by atoms with Gasteiger partial charge in [0.05, 0.1) is 23.3 Å². The van der Waals surface area contributed by atoms with E-state index >= 15 is 0 Å². The maximum atomic E-state index is 13.0. The zero-order chi connectivity index (χ0) is 21.0. The van der Waals surface area contributed by atoms with Crippen molar-refractivity contribution in [1.82, 2.24) is 4.31 Å². The minimum atomic E-state index is -3.67. The van der Waals surface area contributed by atoms with E-state index in [0.29, 0.717) is 17.2 Å². The number of rotatable bonds is 6. The van der Waals surface area contributed by atoms with Crippen molar-refractivity contribution in [2.24, 2.45) is 0 Å². The van der Waals surface area contributed by atoms with Crippen LogP contribution in [-0.4, -0.2) is 53.0 Å². The summed E-state index contributed by atoms with van der Waals surface area (Å²) in [6.07, 6.45) is 3.21. The molecule has 0 N–H and O–H groups in total. The van der Waals surface area contributed by atoms with E-state index in [2.05, 4.69) is 4.90 Å². The number of carbonyl (C=O) groups excluding carboxylic acids is 1. The smallest absolute Gasteiger partial charge is 0.345 e. The van der Waals surface area contributed by atoms with Crippen molar-refractivity contribution >= 4 is 21.7 Å². The Bertz CT molecular complexity index is 965. The van der Waals surface area contributed by atoms with Gasteiger partial charge < -0.3 is 14.4 Å². The fourth-order valence-electron chi connectivity index (χ4n) is 3.27. The van der Waals surface area contributed by atoms with E-state index in [9.17, 15) is 13.2 Å². The van der Waals surface area contributed by atoms with Gasteiger partial charge in [0.1, 0.15) is 11.5 Å². The van der Waals surface area contributed by atoms with Gasteiger partial charge in [0, 0.05) is 27.2 Å². The molecule has 3 rings (SSSR count). The molecule has 0 saturated carbocycles. The number of carbonyl (C=O) groups is 1. The van der Waals surface area contributed by atoms with Crippen LogP contribution in [0.2, 0.25) is 0 Å². The highest BCUT2D eigenvalue weighted by molar-refractivity contribution is 7.89. The van der Waals surface area contributed by atoms with E-state index in [4.69, 9.17) is 9.47 Å². The Labute approximate surface area is 171 Å². The van der Waals surface area contributed by atoms with E-state index in [1.807, 2.05) is 0 Å². The van der Waals surface area contributed by atoms with Gasteiger partial charge in [0.15, 0.2) is 0 Å². The maximum Gasteiger partial charge on any atom is 0.345 e. The molecule has 156 valence electrons. The van der Waals surface area contributed by atoms with E-state index in [1.54, 1.807) is 43.5 Å². The van der Waals surface area contributed by atoms with Crippen LogP contribution in [0.4, 0.5) is 5.69 Å². The Morgan fingerprint density at radius 2 is 1.59 bits per heavy atom. The van der Waals surface area contributed by atoms with Gasteiger partial charge in [-0.15, -0.1) is 0 Å². The van der Waals surface area contributed by atoms with Crippen LogP contribution < -0.4 is 14.4 Å². The number of esters is 1. The molecule has 2 aromatic carbocycles. The molecule has 1 aliphatic rings. The number of nitrogens with zero attached hydrogens (tertiary/aromatic N) is 2. The molecule has 29 heavy (non-hydrogen) atoms. The van der Waals surface area contributed by atoms with Gasteiger partial charge in [-0.25, -0.2) is 17.5 Å². The Morgan fingerprint density at radius 3 is 2.17 bits per heavy atom. The fourth-order valence-corrected chi connectivity index (χ4v) is 4.19. The number of hydrogen-bond acceptors (Lipinski definition) is 6. The van der Waals surface area contributed by atoms with Gasteiger partial charge in [0.25, 0.3) is 0 Å². The van der Waals surface area contributed by atoms with Crippen molar-refractivity contribution in [3.05, 3.63) is 48.0 Å². The Kier molecular flexibility index (Phi) is 6.44. The number of ether oxygens (including phenoxy) is 2. The largest absolute Gasteiger partial charge is 0.497 e. The first kappa shape index (κ1) is 21.1. The third kappa shape index (κ3) is 4.71. The zero-order valence-electron chi connectivity index (χ0n) is 16.9. The summed E-state index contributed by atoms with van der Waals surface area (Å²) in [6.45, 7) is 1.64. The molecule has 0 spiro atoms. The Balaban J connectivity index is 1.98. The molecule has 8 heteroatoms. The highest BCUT2D eigenvalue weighted by Gasteiger charge is 2.25. The van der Waals surface area contributed by atoms with Crippen LogP contribution >= 0.6 is 0 Å². The van der Waals surface area contributed by atoms with Crippen LogP contribution in [-0.2, 0) is 10.0 Å². The molecule has 0 radical (unpaired) electrons. The predicted octanol–water partition coefficient (Wildman–Crippen LogP) is 3.16. The number of hydrogen-bond donors (Lipinski definition) is 0. The Hall–Kier alpha value is -2.58. The lowest BCUT2D eigenvalue weighted by atomic mass is 10.1. The quantitative estimate of drug-likeness (QED) is 0.530. The summed E-state index contributed by atoms with van der Waals surface area (Å²) in [5, 5.41) is 0. The lowest BCUT2D eigenvalue weighted by Gasteiger charge is -2.30. The predicted molar refractivity (Wildman–Crippen MR) is 111 cm³/mol. The summed E-state index contributed by atoms with van der Waals surface area (Å²) in [4.78, 5) is 15.2. The lowest BCUT2D eigenvalue weighted by molar-refractivity contribution is 0.0735. The molecule has 0 unspecified atom stereocenters. The van der Waals surface area contributed by atoms with E-state index in [-0.39, 0.29) is 10.5 Å². The SMILES string of the molecule is COc1ccc(OC(=O)c2cc(S(=O)(=O)N(C)C)ccc2N2CCCCC2)cc1. The van der Waals surface area contributed by atoms with Gasteiger partial charge in [-0.05, 0) is 61.7 Å². The van der Waals surface area contributed by atoms with Crippen molar-refractivity contribution in [2.45, 2.75) is 24.2 Å². The molecule has 1 heterocycles. The van der Waals surface area contributed by atoms with Crippen LogP contribution in [0.3, 0.4) is 0 Å². The molecular weight excluding hydrogens is 392 g/mol. The minimum absolute atomic E-state index is 0.0601. The number of piperidine rings is 1. The molecule has 2 aromatic rings. The molecule has 0 amide bonds. The standard InChI is InChI=1S/C21H26N2O5S/c1-22(2)29(25,26)18-11-12-20(23-13-5-4-6-14-23)19(15-18)21(24)28-17-9-7-16(27-3)8-10-17/h7-12,15H,4-6,13-14H2,1-3H3. The topological polar surface area (TPSA) is 76.1 Å². The van der Waals surface area contributed by atoms with E-state index in [1.165, 1.54) is 20.2 Å². The van der Waals surface area contributed by atoms with Crippen LogP contribution in [0.15, 0.2) is 47.4 Å². The van der Waals surface area contributed by atoms with Gasteiger partial charge in [-0.1, -0.05) is 0 Å². The summed E-state index contributed by atoms with van der Waals surface area (Å²) in [6, 6.07) is 11.3. The molecule has 1 saturated heterocycles. The van der Waals surface area contributed by atoms with Gasteiger partial charge in [-0.2, -0.15) is 0 Å². The van der Waals surface area contributed by atoms with Crippen molar-refractivity contribution in [2.75, 3.05) is 39.2 Å². The monoisotopic (exact) mass is 418 g/mol. The van der Waals surface area contributed by atoms with Gasteiger partial charge in [0.2, 0.25) is 10.0 Å². The molecular formula is C21H26N2O5S. The number of anilines is 1. The lowest BCUT2D eigenvalue weighted by Crippen LogP contribution is -2.31. The van der Waals surface area contributed by atoms with Gasteiger partial charge in [-0.3, -0.25) is 0 Å². The second kappa shape index (κ2) is 8.84. The fraction of sp³-hybridized carbons (Fsp3) is 0.381. The summed E-state index contributed by atoms with van der Waals surface area (Å²) in [5.41, 5.74) is 0.937. The molecule has 1 fully saturated rings. The zero-order valence-corrected chi connectivity index (χ0v) is 17.7. The number of methoxy groups -OCH3 is 1. The molecule has 1 aliphatic heterocycles. The highest BCUT2D eigenvalue weighted by atomic mass is 32.2. The summed E-state index contributed by atoms with van der Waals surface area (Å²) in [5.74, 6) is 0.422. The average molecular weight is 419 g/mol. The minimum Gasteiger partial charge on any atom is -0.497 e. The molecule has 7 nitrogen and oxygen atoms in total. The van der Waals surface area contributed by atoms with E-state index < -0.39 is 16.0 Å². The molecule has 0 aliphatic carbocycles. The normalized spacial score (nSPS) is 14.7. The number of benzene rings is 2. The third-order valence-corrected chi connectivity index (χ3v) is 6.74. The molecule has 0 atom stereocenters. The first-order valence-corrected chi connectivity index (χ1v) is 10.9. The Morgan fingerprint density at radius 1 is 0.966 bits per heavy atom. The third-order valence-electron chi connectivity index (χ3n) is 4.93. The second-order valence-electron chi connectivity index (χ2n) is 7.08. The average Bonchev–Trinajstić information content (AvgIpc) is 2.74. The maximum absolute atomic E-state index is 13.0. The number of sulfonamides is 1. The van der Waals surface area contributed by atoms with Crippen LogP contribution in [0.25, 0.3) is 0 Å². The first-order valence-electron chi connectivity index (χ1n) is 9.50. The summed E-state index contributed by atoms with van der Waals surface area (Å²) < 4.78 is 36.9. The molecule has 0 bridgehead atoms. The van der Waals surface area contributed by atoms with E-state index in [0.717, 1.165) is 36.7 Å². The first-order chi connectivity index (χ1) is 13.8. The summed E-state index contributed by atoms with van der Waals surface area (Å²) >= 11 is 0. The highest BCUT2D eigenvalue weighted by Crippen LogP contribution is 2.29. The molecule has 0 aromatic heterocycles.